The number of nitrogens with zero attached hydrogens (tertiary/aromatic N) is 2. The minimum Gasteiger partial charge on any atom is -0.385 e. The summed E-state index contributed by atoms with van der Waals surface area (Å²) < 4.78 is 6.72. The smallest absolute Gasteiger partial charge is 0.275 e. The lowest BCUT2D eigenvalue weighted by atomic mass is 10.3. The lowest BCUT2D eigenvalue weighted by molar-refractivity contribution is 0.218. The molecule has 0 unspecified atom stereocenters. The van der Waals surface area contributed by atoms with Gasteiger partial charge in [-0.2, -0.15) is 4.98 Å². The van der Waals surface area contributed by atoms with Crippen molar-refractivity contribution in [3.05, 3.63) is 45.7 Å². The predicted octanol–water partition coefficient (Wildman–Crippen LogP) is 2.21. The Morgan fingerprint density at radius 3 is 2.75 bits per heavy atom. The van der Waals surface area contributed by atoms with Gasteiger partial charge in [0.1, 0.15) is 5.82 Å². The number of nitrogens with two attached hydrogens (primary N) is 1. The van der Waals surface area contributed by atoms with Crippen LogP contribution < -0.4 is 11.3 Å². The SMILES string of the molecule is COCCSc1nc(=O)cc(N)n1-c1ccc(Cl)cc1. The van der Waals surface area contributed by atoms with Crippen LogP contribution in [0.3, 0.4) is 0 Å². The van der Waals surface area contributed by atoms with Gasteiger partial charge in [0.25, 0.3) is 5.56 Å². The number of benzene rings is 1. The van der Waals surface area contributed by atoms with E-state index in [9.17, 15) is 4.79 Å². The number of methoxy groups -OCH3 is 1. The van der Waals surface area contributed by atoms with E-state index in [0.717, 1.165) is 5.69 Å². The van der Waals surface area contributed by atoms with E-state index in [2.05, 4.69) is 4.98 Å². The van der Waals surface area contributed by atoms with Crippen LogP contribution in [0.25, 0.3) is 5.69 Å². The summed E-state index contributed by atoms with van der Waals surface area (Å²) in [4.78, 5) is 15.5. The Morgan fingerprint density at radius 1 is 1.40 bits per heavy atom. The van der Waals surface area contributed by atoms with Gasteiger partial charge in [0.15, 0.2) is 5.16 Å². The molecule has 0 radical (unpaired) electrons. The Hall–Kier alpha value is -1.50. The molecule has 7 heteroatoms. The van der Waals surface area contributed by atoms with Gasteiger partial charge in [-0.1, -0.05) is 23.4 Å². The molecule has 20 heavy (non-hydrogen) atoms. The first kappa shape index (κ1) is 14.9. The van der Waals surface area contributed by atoms with Crippen LogP contribution in [-0.2, 0) is 4.74 Å². The maximum atomic E-state index is 11.5. The zero-order valence-corrected chi connectivity index (χ0v) is 12.4. The Balaban J connectivity index is 2.44. The monoisotopic (exact) mass is 311 g/mol. The van der Waals surface area contributed by atoms with Gasteiger partial charge in [-0.25, -0.2) is 0 Å². The summed E-state index contributed by atoms with van der Waals surface area (Å²) in [6.07, 6.45) is 0. The quantitative estimate of drug-likeness (QED) is 0.521. The number of hydrogen-bond donors (Lipinski definition) is 1. The number of nitrogen functional groups attached to an aromatic ring is 1. The molecule has 0 saturated heterocycles. The molecule has 0 aliphatic rings. The molecule has 2 rings (SSSR count). The molecule has 0 aliphatic heterocycles. The fourth-order valence-electron chi connectivity index (χ4n) is 1.64. The van der Waals surface area contributed by atoms with Gasteiger partial charge >= 0.3 is 0 Å². The van der Waals surface area contributed by atoms with E-state index in [1.54, 1.807) is 23.8 Å². The van der Waals surface area contributed by atoms with E-state index in [1.165, 1.54) is 17.8 Å². The van der Waals surface area contributed by atoms with Crippen LogP contribution in [0.15, 0.2) is 40.3 Å². The lowest BCUT2D eigenvalue weighted by Crippen LogP contribution is -2.17. The Bertz CT molecular complexity index is 643. The maximum Gasteiger partial charge on any atom is 0.275 e. The fraction of sp³-hybridized carbons (Fsp3) is 0.231. The summed E-state index contributed by atoms with van der Waals surface area (Å²) >= 11 is 7.29. The fourth-order valence-corrected chi connectivity index (χ4v) is 2.69. The molecule has 5 nitrogen and oxygen atoms in total. The molecule has 2 aromatic rings. The molecule has 2 N–H and O–H groups in total. The normalized spacial score (nSPS) is 10.7. The molecule has 1 heterocycles. The molecule has 106 valence electrons. The zero-order chi connectivity index (χ0) is 14.5. The summed E-state index contributed by atoms with van der Waals surface area (Å²) in [6, 6.07) is 8.47. The van der Waals surface area contributed by atoms with Crippen LogP contribution >= 0.6 is 23.4 Å². The standard InChI is InChI=1S/C13H14ClN3O2S/c1-19-6-7-20-13-16-12(18)8-11(15)17(13)10-4-2-9(14)3-5-10/h2-5,8H,6-7,15H2,1H3. The third-order valence-electron chi connectivity index (χ3n) is 2.53. The number of thioether (sulfide) groups is 1. The lowest BCUT2D eigenvalue weighted by Gasteiger charge is -2.14. The first-order valence-electron chi connectivity index (χ1n) is 5.89. The van der Waals surface area contributed by atoms with Crippen molar-refractivity contribution < 1.29 is 4.74 Å². The Kier molecular flexibility index (Phi) is 5.05. The number of halogens is 1. The summed E-state index contributed by atoms with van der Waals surface area (Å²) in [5, 5.41) is 1.17. The number of aromatic nitrogens is 2. The number of anilines is 1. The van der Waals surface area contributed by atoms with Crippen molar-refractivity contribution in [3.63, 3.8) is 0 Å². The minimum absolute atomic E-state index is 0.340. The molecule has 0 aliphatic carbocycles. The average molecular weight is 312 g/mol. The van der Waals surface area contributed by atoms with E-state index < -0.39 is 0 Å². The molecule has 0 amide bonds. The number of rotatable bonds is 5. The van der Waals surface area contributed by atoms with E-state index in [-0.39, 0.29) is 5.56 Å². The summed E-state index contributed by atoms with van der Waals surface area (Å²) in [6.45, 7) is 0.565. The highest BCUT2D eigenvalue weighted by Crippen LogP contribution is 2.23. The second-order valence-corrected chi connectivity index (χ2v) is 5.45. The highest BCUT2D eigenvalue weighted by Gasteiger charge is 2.10. The van der Waals surface area contributed by atoms with Crippen LogP contribution in [0.4, 0.5) is 5.82 Å². The molecule has 1 aromatic heterocycles. The van der Waals surface area contributed by atoms with Gasteiger partial charge < -0.3 is 10.5 Å². The van der Waals surface area contributed by atoms with Crippen LogP contribution in [0.5, 0.6) is 0 Å². The second kappa shape index (κ2) is 6.78. The second-order valence-electron chi connectivity index (χ2n) is 3.95. The first-order chi connectivity index (χ1) is 9.61. The molecule has 0 spiro atoms. The van der Waals surface area contributed by atoms with E-state index in [4.69, 9.17) is 22.1 Å². The molecule has 0 fully saturated rings. The van der Waals surface area contributed by atoms with Crippen molar-refractivity contribution in [2.24, 2.45) is 0 Å². The Morgan fingerprint density at radius 2 is 2.10 bits per heavy atom. The van der Waals surface area contributed by atoms with Crippen molar-refractivity contribution in [2.75, 3.05) is 25.2 Å². The van der Waals surface area contributed by atoms with Crippen molar-refractivity contribution in [2.45, 2.75) is 5.16 Å². The maximum absolute atomic E-state index is 11.5. The summed E-state index contributed by atoms with van der Waals surface area (Å²) in [5.41, 5.74) is 6.39. The number of hydrogen-bond acceptors (Lipinski definition) is 5. The van der Waals surface area contributed by atoms with Gasteiger partial charge in [0, 0.05) is 29.6 Å². The van der Waals surface area contributed by atoms with Gasteiger partial charge in [0.2, 0.25) is 0 Å². The van der Waals surface area contributed by atoms with Crippen LogP contribution in [0.2, 0.25) is 5.02 Å². The van der Waals surface area contributed by atoms with Crippen LogP contribution in [0, 0.1) is 0 Å². The van der Waals surface area contributed by atoms with E-state index in [0.29, 0.717) is 28.4 Å². The molecular formula is C13H14ClN3O2S. The molecular weight excluding hydrogens is 298 g/mol. The van der Waals surface area contributed by atoms with E-state index in [1.807, 2.05) is 12.1 Å². The molecule has 0 bridgehead atoms. The van der Waals surface area contributed by atoms with Gasteiger partial charge in [-0.05, 0) is 24.3 Å². The first-order valence-corrected chi connectivity index (χ1v) is 7.25. The minimum atomic E-state index is -0.354. The van der Waals surface area contributed by atoms with Crippen molar-refractivity contribution in [3.8, 4) is 5.69 Å². The highest BCUT2D eigenvalue weighted by molar-refractivity contribution is 7.99. The predicted molar refractivity (Wildman–Crippen MR) is 81.9 cm³/mol. The van der Waals surface area contributed by atoms with Crippen molar-refractivity contribution >= 4 is 29.2 Å². The van der Waals surface area contributed by atoms with Gasteiger partial charge in [-0.3, -0.25) is 9.36 Å². The summed E-state index contributed by atoms with van der Waals surface area (Å²) in [5.74, 6) is 1.02. The third-order valence-corrected chi connectivity index (χ3v) is 3.68. The average Bonchev–Trinajstić information content (AvgIpc) is 2.40. The van der Waals surface area contributed by atoms with Crippen LogP contribution in [-0.4, -0.2) is 29.0 Å². The Labute approximate surface area is 125 Å². The van der Waals surface area contributed by atoms with Crippen LogP contribution in [0.1, 0.15) is 0 Å². The molecule has 0 saturated carbocycles. The molecule has 1 aromatic carbocycles. The van der Waals surface area contributed by atoms with Gasteiger partial charge in [0.05, 0.1) is 6.61 Å². The zero-order valence-electron chi connectivity index (χ0n) is 10.9. The van der Waals surface area contributed by atoms with E-state index >= 15 is 0 Å². The highest BCUT2D eigenvalue weighted by atomic mass is 35.5. The third kappa shape index (κ3) is 3.53. The van der Waals surface area contributed by atoms with Crippen molar-refractivity contribution in [1.82, 2.24) is 9.55 Å². The summed E-state index contributed by atoms with van der Waals surface area (Å²) in [7, 11) is 1.62. The molecule has 0 atom stereocenters. The largest absolute Gasteiger partial charge is 0.385 e. The van der Waals surface area contributed by atoms with Gasteiger partial charge in [-0.15, -0.1) is 0 Å². The number of ether oxygens (including phenoxy) is 1. The topological polar surface area (TPSA) is 70.1 Å². The van der Waals surface area contributed by atoms with Crippen molar-refractivity contribution in [1.29, 1.82) is 0 Å².